The fourth-order valence-electron chi connectivity index (χ4n) is 2.98. The lowest BCUT2D eigenvalue weighted by molar-refractivity contribution is 0.0910. The zero-order chi connectivity index (χ0) is 18.6. The molecule has 26 heavy (non-hydrogen) atoms. The second-order valence-corrected chi connectivity index (χ2v) is 8.28. The molecule has 0 aliphatic carbocycles. The van der Waals surface area contributed by atoms with Crippen molar-refractivity contribution in [3.8, 4) is 5.75 Å². The van der Waals surface area contributed by atoms with E-state index in [1.54, 1.807) is 18.7 Å². The maximum atomic E-state index is 13.2. The van der Waals surface area contributed by atoms with E-state index >= 15 is 0 Å². The summed E-state index contributed by atoms with van der Waals surface area (Å²) in [5, 5.41) is 4.07. The van der Waals surface area contributed by atoms with Crippen molar-refractivity contribution in [2.75, 3.05) is 26.3 Å². The van der Waals surface area contributed by atoms with E-state index in [1.165, 1.54) is 10.5 Å². The molecule has 8 heteroatoms. The van der Waals surface area contributed by atoms with E-state index in [1.807, 2.05) is 30.3 Å². The average Bonchev–Trinajstić information content (AvgIpc) is 3.26. The van der Waals surface area contributed by atoms with Crippen molar-refractivity contribution in [3.05, 3.63) is 42.2 Å². The van der Waals surface area contributed by atoms with Gasteiger partial charge in [0.15, 0.2) is 0 Å². The number of benzene rings is 1. The van der Waals surface area contributed by atoms with Crippen LogP contribution < -0.4 is 4.74 Å². The van der Waals surface area contributed by atoms with Crippen LogP contribution in [0.2, 0.25) is 0 Å². The van der Waals surface area contributed by atoms with Gasteiger partial charge in [0.05, 0.1) is 18.0 Å². The molecule has 7 nitrogen and oxygen atoms in total. The van der Waals surface area contributed by atoms with E-state index in [-0.39, 0.29) is 24.2 Å². The number of aromatic nitrogens is 2. The van der Waals surface area contributed by atoms with Gasteiger partial charge in [-0.15, -0.1) is 0 Å². The molecule has 3 rings (SSSR count). The molecule has 0 radical (unpaired) electrons. The fraction of sp³-hybridized carbons (Fsp3) is 0.500. The Morgan fingerprint density at radius 3 is 2.73 bits per heavy atom. The highest BCUT2D eigenvalue weighted by Crippen LogP contribution is 2.22. The Morgan fingerprint density at radius 2 is 2.12 bits per heavy atom. The van der Waals surface area contributed by atoms with Crippen molar-refractivity contribution in [1.82, 2.24) is 14.1 Å². The van der Waals surface area contributed by atoms with Gasteiger partial charge in [-0.25, -0.2) is 8.42 Å². The van der Waals surface area contributed by atoms with Crippen LogP contribution in [0.15, 0.2) is 41.4 Å². The number of aryl methyl sites for hydroxylation is 1. The van der Waals surface area contributed by atoms with Crippen LogP contribution in [0.4, 0.5) is 0 Å². The molecular weight excluding hydrogens is 354 g/mol. The van der Waals surface area contributed by atoms with Crippen molar-refractivity contribution in [1.29, 1.82) is 0 Å². The SMILES string of the molecule is Cc1c(S(=O)(=O)N(CCOc2ccccc2)CC2CCCO2)cnn1C. The van der Waals surface area contributed by atoms with Crippen molar-refractivity contribution in [2.45, 2.75) is 30.8 Å². The van der Waals surface area contributed by atoms with E-state index in [2.05, 4.69) is 5.10 Å². The zero-order valence-corrected chi connectivity index (χ0v) is 16.0. The Morgan fingerprint density at radius 1 is 1.35 bits per heavy atom. The third kappa shape index (κ3) is 4.25. The summed E-state index contributed by atoms with van der Waals surface area (Å²) in [4.78, 5) is 0.234. The summed E-state index contributed by atoms with van der Waals surface area (Å²) < 4.78 is 40.7. The molecule has 1 unspecified atom stereocenters. The highest BCUT2D eigenvalue weighted by atomic mass is 32.2. The molecule has 1 aromatic carbocycles. The Balaban J connectivity index is 1.74. The molecule has 1 atom stereocenters. The molecule has 0 amide bonds. The van der Waals surface area contributed by atoms with Gasteiger partial charge in [0.25, 0.3) is 0 Å². The molecular formula is C18H25N3O4S. The van der Waals surface area contributed by atoms with Gasteiger partial charge in [0.1, 0.15) is 17.3 Å². The molecule has 2 heterocycles. The predicted octanol–water partition coefficient (Wildman–Crippen LogP) is 1.98. The monoisotopic (exact) mass is 379 g/mol. The number of rotatable bonds is 8. The lowest BCUT2D eigenvalue weighted by Crippen LogP contribution is -2.40. The normalized spacial score (nSPS) is 17.7. The van der Waals surface area contributed by atoms with Crippen molar-refractivity contribution in [3.63, 3.8) is 0 Å². The second kappa shape index (κ2) is 8.20. The molecule has 1 aliphatic rings. The molecule has 0 spiro atoms. The smallest absolute Gasteiger partial charge is 0.246 e. The molecule has 1 aliphatic heterocycles. The van der Waals surface area contributed by atoms with Gasteiger partial charge in [0, 0.05) is 26.7 Å². The highest BCUT2D eigenvalue weighted by Gasteiger charge is 2.31. The van der Waals surface area contributed by atoms with Crippen molar-refractivity contribution >= 4 is 10.0 Å². The lowest BCUT2D eigenvalue weighted by atomic mass is 10.2. The summed E-state index contributed by atoms with van der Waals surface area (Å²) in [5.74, 6) is 0.722. The predicted molar refractivity (Wildman–Crippen MR) is 97.6 cm³/mol. The number of sulfonamides is 1. The minimum absolute atomic E-state index is 0.0709. The molecule has 142 valence electrons. The van der Waals surface area contributed by atoms with Gasteiger partial charge < -0.3 is 9.47 Å². The first-order chi connectivity index (χ1) is 12.5. The number of hydrogen-bond acceptors (Lipinski definition) is 5. The van der Waals surface area contributed by atoms with Crippen LogP contribution in [0, 0.1) is 6.92 Å². The Kier molecular flexibility index (Phi) is 5.95. The first-order valence-electron chi connectivity index (χ1n) is 8.76. The Bertz CT molecular complexity index is 814. The lowest BCUT2D eigenvalue weighted by Gasteiger charge is -2.24. The Labute approximate surface area is 154 Å². The number of hydrogen-bond donors (Lipinski definition) is 0. The number of nitrogens with zero attached hydrogens (tertiary/aromatic N) is 3. The highest BCUT2D eigenvalue weighted by molar-refractivity contribution is 7.89. The van der Waals surface area contributed by atoms with E-state index < -0.39 is 10.0 Å². The van der Waals surface area contributed by atoms with Crippen LogP contribution in [-0.4, -0.2) is 54.9 Å². The third-order valence-corrected chi connectivity index (χ3v) is 6.56. The minimum atomic E-state index is -3.66. The maximum absolute atomic E-state index is 13.2. The molecule has 0 N–H and O–H groups in total. The summed E-state index contributed by atoms with van der Waals surface area (Å²) in [6.45, 7) is 3.30. The average molecular weight is 379 g/mol. The van der Waals surface area contributed by atoms with Gasteiger partial charge in [-0.1, -0.05) is 18.2 Å². The topological polar surface area (TPSA) is 73.7 Å². The zero-order valence-electron chi connectivity index (χ0n) is 15.2. The van der Waals surface area contributed by atoms with E-state index in [0.29, 0.717) is 18.8 Å². The van der Waals surface area contributed by atoms with Gasteiger partial charge in [-0.2, -0.15) is 9.40 Å². The first kappa shape index (κ1) is 18.9. The van der Waals surface area contributed by atoms with Gasteiger partial charge in [0.2, 0.25) is 10.0 Å². The van der Waals surface area contributed by atoms with Crippen LogP contribution in [-0.2, 0) is 21.8 Å². The third-order valence-electron chi connectivity index (χ3n) is 4.59. The minimum Gasteiger partial charge on any atom is -0.492 e. The molecule has 1 fully saturated rings. The van der Waals surface area contributed by atoms with Crippen molar-refractivity contribution in [2.24, 2.45) is 7.05 Å². The molecule has 1 saturated heterocycles. The van der Waals surface area contributed by atoms with E-state index in [9.17, 15) is 8.42 Å². The van der Waals surface area contributed by atoms with Crippen LogP contribution in [0.3, 0.4) is 0 Å². The summed E-state index contributed by atoms with van der Waals surface area (Å²) in [6.07, 6.45) is 3.17. The maximum Gasteiger partial charge on any atom is 0.246 e. The standard InChI is InChI=1S/C18H25N3O4S/c1-15-18(13-19-20(15)2)26(22,23)21(14-17-9-6-11-24-17)10-12-25-16-7-4-3-5-8-16/h3-5,7-8,13,17H,6,9-12,14H2,1-2H3. The quantitative estimate of drug-likeness (QED) is 0.701. The van der Waals surface area contributed by atoms with E-state index in [4.69, 9.17) is 9.47 Å². The summed E-state index contributed by atoms with van der Waals surface area (Å²) >= 11 is 0. The molecule has 2 aromatic rings. The summed E-state index contributed by atoms with van der Waals surface area (Å²) in [7, 11) is -1.93. The molecule has 0 bridgehead atoms. The van der Waals surface area contributed by atoms with Gasteiger partial charge >= 0.3 is 0 Å². The van der Waals surface area contributed by atoms with Crippen LogP contribution in [0.1, 0.15) is 18.5 Å². The largest absolute Gasteiger partial charge is 0.492 e. The van der Waals surface area contributed by atoms with Crippen LogP contribution >= 0.6 is 0 Å². The Hall–Kier alpha value is -1.90. The van der Waals surface area contributed by atoms with Crippen LogP contribution in [0.25, 0.3) is 0 Å². The fourth-order valence-corrected chi connectivity index (χ4v) is 4.62. The second-order valence-electron chi connectivity index (χ2n) is 6.38. The van der Waals surface area contributed by atoms with Gasteiger partial charge in [-0.05, 0) is 31.9 Å². The first-order valence-corrected chi connectivity index (χ1v) is 10.2. The van der Waals surface area contributed by atoms with E-state index in [0.717, 1.165) is 18.6 Å². The number of para-hydroxylation sites is 1. The van der Waals surface area contributed by atoms with Crippen molar-refractivity contribution < 1.29 is 17.9 Å². The number of ether oxygens (including phenoxy) is 2. The molecule has 1 aromatic heterocycles. The summed E-state index contributed by atoms with van der Waals surface area (Å²) in [6, 6.07) is 9.38. The molecule has 0 saturated carbocycles. The van der Waals surface area contributed by atoms with Gasteiger partial charge in [-0.3, -0.25) is 4.68 Å². The summed E-state index contributed by atoms with van der Waals surface area (Å²) in [5.41, 5.74) is 0.617. The van der Waals surface area contributed by atoms with Crippen LogP contribution in [0.5, 0.6) is 5.75 Å².